The van der Waals surface area contributed by atoms with Crippen LogP contribution in [0, 0.1) is 0 Å². The largest absolute Gasteiger partial charge is 0.502 e. The van der Waals surface area contributed by atoms with E-state index in [1.54, 1.807) is 0 Å². The van der Waals surface area contributed by atoms with Crippen LogP contribution in [0.3, 0.4) is 0 Å². The molecule has 35 nitrogen and oxygen atoms in total. The Morgan fingerprint density at radius 3 is 0.610 bits per heavy atom. The van der Waals surface area contributed by atoms with Gasteiger partial charge in [-0.15, -0.1) is 0 Å². The Morgan fingerprint density at radius 2 is 0.416 bits per heavy atom. The number of carboxylic acid groups (broad SMARTS) is 13. The molecule has 13 N–H and O–H groups in total. The summed E-state index contributed by atoms with van der Waals surface area (Å²) in [7, 11) is 0. The molecule has 0 unspecified atom stereocenters. The second-order valence-electron chi connectivity index (χ2n) is 14.0. The van der Waals surface area contributed by atoms with Gasteiger partial charge in [-0.25, -0.2) is 86.3 Å². The van der Waals surface area contributed by atoms with Gasteiger partial charge in [-0.2, -0.15) is 0 Å². The second-order valence-corrected chi connectivity index (χ2v) is 14.0. The van der Waals surface area contributed by atoms with E-state index in [2.05, 4.69) is 16.1 Å². The Bertz CT molecular complexity index is 3260. The third-order valence-electron chi connectivity index (χ3n) is 9.68. The summed E-state index contributed by atoms with van der Waals surface area (Å²) in [5.41, 5.74) is -42.8. The molecule has 77 heavy (non-hydrogen) atoms. The van der Waals surface area contributed by atoms with Crippen LogP contribution >= 0.6 is 0 Å². The highest BCUT2D eigenvalue weighted by Gasteiger charge is 2.47. The van der Waals surface area contributed by atoms with Crippen molar-refractivity contribution >= 4 is 107 Å². The van der Waals surface area contributed by atoms with Crippen LogP contribution in [0.15, 0.2) is 12.8 Å². The van der Waals surface area contributed by atoms with Crippen LogP contribution in [0.1, 0.15) is 199 Å². The number of aromatic carboxylic acids is 13. The van der Waals surface area contributed by atoms with E-state index in [4.69, 9.17) is 9.47 Å². The molecule has 0 aliphatic carbocycles. The van der Waals surface area contributed by atoms with E-state index in [1.807, 2.05) is 0 Å². The molecule has 0 spiro atoms. The number of ether oxygens (including phenoxy) is 4. The van der Waals surface area contributed by atoms with Crippen LogP contribution in [0.5, 0.6) is 0 Å². The van der Waals surface area contributed by atoms with Gasteiger partial charge in [0.15, 0.2) is 0 Å². The van der Waals surface area contributed by atoms with E-state index in [9.17, 15) is 153 Å². The molecule has 0 aliphatic rings. The minimum absolute atomic E-state index is 0.140. The van der Waals surface area contributed by atoms with E-state index < -0.39 is 221 Å². The van der Waals surface area contributed by atoms with Crippen molar-refractivity contribution in [2.75, 3.05) is 13.2 Å². The first-order valence-electron chi connectivity index (χ1n) is 19.3. The SMILES string of the molecule is C=COCCCCOC(=O)c1c(C(=O)O)c(C(=O)O)c(C(=O)O)c(C(=O)OC(=O)c2c(C(=O)O)c(C(=O)O)c(C(=O)O)c(C(=O)O)c2C(=O)O)c1C(=O)OC(=O)c1c(C(=O)O)c(C(=O)O)c(C(=O)O)c(C(=O)O)c1C(=O)O. The van der Waals surface area contributed by atoms with Gasteiger partial charge in [0.1, 0.15) is 0 Å². The van der Waals surface area contributed by atoms with Gasteiger partial charge in [0, 0.05) is 0 Å². The summed E-state index contributed by atoms with van der Waals surface area (Å²) in [6.07, 6.45) is 0.375. The normalized spacial score (nSPS) is 10.4. The van der Waals surface area contributed by atoms with Gasteiger partial charge in [0.05, 0.1) is 120 Å². The summed E-state index contributed by atoms with van der Waals surface area (Å²) in [6, 6.07) is 0. The molecule has 35 heteroatoms. The second kappa shape index (κ2) is 23.1. The summed E-state index contributed by atoms with van der Waals surface area (Å²) in [5.74, 6) is -51.8. The molecular weight excluding hydrogens is 1060 g/mol. The monoisotopic (exact) mass is 1090 g/mol. The summed E-state index contributed by atoms with van der Waals surface area (Å²) in [4.78, 5) is 233. The number of unbranched alkanes of at least 4 members (excludes halogenated alkanes) is 1. The van der Waals surface area contributed by atoms with Gasteiger partial charge in [-0.05, 0) is 12.8 Å². The Morgan fingerprint density at radius 1 is 0.260 bits per heavy atom. The molecule has 402 valence electrons. The number of hydrogen-bond acceptors (Lipinski definition) is 22. The topological polar surface area (TPSA) is 607 Å². The predicted molar refractivity (Wildman–Crippen MR) is 225 cm³/mol. The maximum absolute atomic E-state index is 14.5. The lowest BCUT2D eigenvalue weighted by Gasteiger charge is -2.21. The van der Waals surface area contributed by atoms with Gasteiger partial charge >= 0.3 is 107 Å². The van der Waals surface area contributed by atoms with Gasteiger partial charge in [-0.3, -0.25) is 0 Å². The number of carbonyl (C=O) groups is 18. The number of benzene rings is 3. The Hall–Kier alpha value is -11.9. The molecular formula is C42H24O35. The molecule has 0 saturated carbocycles. The highest BCUT2D eigenvalue weighted by molar-refractivity contribution is 6.29. The van der Waals surface area contributed by atoms with Crippen LogP contribution in [0.4, 0.5) is 0 Å². The Kier molecular flexibility index (Phi) is 17.8. The van der Waals surface area contributed by atoms with Gasteiger partial charge in [0.25, 0.3) is 0 Å². The van der Waals surface area contributed by atoms with E-state index in [0.717, 1.165) is 6.26 Å². The molecule has 0 heterocycles. The molecule has 3 aromatic rings. The van der Waals surface area contributed by atoms with Crippen LogP contribution in [-0.2, 0) is 18.9 Å². The smallest absolute Gasteiger partial charge is 0.347 e. The minimum Gasteiger partial charge on any atom is -0.502 e. The van der Waals surface area contributed by atoms with Gasteiger partial charge < -0.3 is 85.3 Å². The van der Waals surface area contributed by atoms with Crippen molar-refractivity contribution in [2.45, 2.75) is 12.8 Å². The zero-order valence-electron chi connectivity index (χ0n) is 36.9. The van der Waals surface area contributed by atoms with Gasteiger partial charge in [0.2, 0.25) is 0 Å². The quantitative estimate of drug-likeness (QED) is 0.0194. The number of hydrogen-bond donors (Lipinski definition) is 13. The highest BCUT2D eigenvalue weighted by atomic mass is 16.6. The van der Waals surface area contributed by atoms with E-state index >= 15 is 0 Å². The lowest BCUT2D eigenvalue weighted by Crippen LogP contribution is -2.33. The van der Waals surface area contributed by atoms with E-state index in [0.29, 0.717) is 0 Å². The van der Waals surface area contributed by atoms with Crippen molar-refractivity contribution in [1.82, 2.24) is 0 Å². The molecule has 0 amide bonds. The molecule has 0 radical (unpaired) electrons. The summed E-state index contributed by atoms with van der Waals surface area (Å²) < 4.78 is 18.3. The van der Waals surface area contributed by atoms with E-state index in [-0.39, 0.29) is 13.0 Å². The maximum Gasteiger partial charge on any atom is 0.347 e. The molecule has 3 aromatic carbocycles. The zero-order chi connectivity index (χ0) is 59.1. The van der Waals surface area contributed by atoms with Crippen LogP contribution in [0.2, 0.25) is 0 Å². The molecule has 0 saturated heterocycles. The fourth-order valence-corrected chi connectivity index (χ4v) is 7.03. The van der Waals surface area contributed by atoms with Crippen LogP contribution < -0.4 is 0 Å². The van der Waals surface area contributed by atoms with Crippen molar-refractivity contribution < 1.29 is 172 Å². The Labute approximate surface area is 417 Å². The first kappa shape index (κ1) is 59.4. The van der Waals surface area contributed by atoms with Crippen molar-refractivity contribution in [2.24, 2.45) is 0 Å². The standard InChI is InChI=1S/C42H24O35/c1-2-74-5-3-4-6-75-38(69)22-18(36(65)66)13(31(55)56)19(37(67)68)23(41(72)76-39(70)20-14(32(57)58)9(27(47)48)7(25(43)44)10(28(49)50)15(20)33(59)60)24(22)42(73)77-40(71)21-16(34(61)62)11(29(51)52)8(26(45)46)12(30(53)54)17(21)35(63)64/h2H,1,3-6H2,(H,43,44)(H,45,46)(H,47,48)(H,49,50)(H,51,52)(H,53,54)(H,55,56)(H,57,58)(H,59,60)(H,61,62)(H,63,64)(H,65,66)(H,67,68). The third kappa shape index (κ3) is 11.3. The molecule has 0 fully saturated rings. The fourth-order valence-electron chi connectivity index (χ4n) is 7.03. The first-order valence-corrected chi connectivity index (χ1v) is 19.3. The van der Waals surface area contributed by atoms with Crippen LogP contribution in [0.25, 0.3) is 0 Å². The number of carboxylic acids is 13. The minimum atomic E-state index is -3.16. The third-order valence-corrected chi connectivity index (χ3v) is 9.68. The summed E-state index contributed by atoms with van der Waals surface area (Å²) in [5, 5.41) is 130. The Balaban J connectivity index is 2.81. The van der Waals surface area contributed by atoms with Crippen molar-refractivity contribution in [3.63, 3.8) is 0 Å². The molecule has 0 atom stereocenters. The molecule has 0 bridgehead atoms. The van der Waals surface area contributed by atoms with Crippen molar-refractivity contribution in [3.8, 4) is 0 Å². The zero-order valence-corrected chi connectivity index (χ0v) is 36.9. The lowest BCUT2D eigenvalue weighted by atomic mass is 9.85. The van der Waals surface area contributed by atoms with E-state index in [1.165, 1.54) is 0 Å². The molecule has 0 aliphatic heterocycles. The number of carbonyl (C=O) groups excluding carboxylic acids is 5. The number of esters is 5. The summed E-state index contributed by atoms with van der Waals surface area (Å²) >= 11 is 0. The van der Waals surface area contributed by atoms with Gasteiger partial charge in [-0.1, -0.05) is 6.58 Å². The number of rotatable bonds is 24. The molecule has 3 rings (SSSR count). The summed E-state index contributed by atoms with van der Waals surface area (Å²) in [6.45, 7) is 1.97. The van der Waals surface area contributed by atoms with Crippen LogP contribution in [-0.4, -0.2) is 187 Å². The van der Waals surface area contributed by atoms with Crippen molar-refractivity contribution in [1.29, 1.82) is 0 Å². The fraction of sp³-hybridized carbons (Fsp3) is 0.0952. The highest BCUT2D eigenvalue weighted by Crippen LogP contribution is 2.36. The predicted octanol–water partition coefficient (Wildman–Crippen LogP) is 0.855. The lowest BCUT2D eigenvalue weighted by molar-refractivity contribution is 0.0342. The maximum atomic E-state index is 14.5. The average molecular weight is 1090 g/mol. The average Bonchev–Trinajstić information content (AvgIpc) is 3.30. The molecule has 0 aromatic heterocycles. The first-order chi connectivity index (χ1) is 35.6. The van der Waals surface area contributed by atoms with Crippen molar-refractivity contribution in [3.05, 3.63) is 113 Å².